The summed E-state index contributed by atoms with van der Waals surface area (Å²) in [7, 11) is 0. The number of anilines is 1. The van der Waals surface area contributed by atoms with Crippen LogP contribution in [0.3, 0.4) is 0 Å². The average molecular weight is 538 g/mol. The number of hydrogen-bond acceptors (Lipinski definition) is 7. The first-order chi connectivity index (χ1) is 15.8. The molecule has 7 nitrogen and oxygen atoms in total. The molecule has 33 heavy (non-hydrogen) atoms. The minimum Gasteiger partial charge on any atom is -0.454 e. The quantitative estimate of drug-likeness (QED) is 0.369. The second-order valence-corrected chi connectivity index (χ2v) is 8.98. The first kappa shape index (κ1) is 21.8. The normalized spacial score (nSPS) is 13.1. The van der Waals surface area contributed by atoms with Gasteiger partial charge in [0.05, 0.1) is 5.56 Å². The third-order valence-electron chi connectivity index (χ3n) is 5.08. The lowest BCUT2D eigenvalue weighted by Gasteiger charge is -2.14. The van der Waals surface area contributed by atoms with Crippen molar-refractivity contribution in [1.82, 2.24) is 19.5 Å². The molecule has 5 rings (SSSR count). The Labute approximate surface area is 198 Å². The molecule has 12 heteroatoms. The van der Waals surface area contributed by atoms with Crippen LogP contribution in [0.5, 0.6) is 11.5 Å². The zero-order chi connectivity index (χ0) is 23.2. The van der Waals surface area contributed by atoms with Crippen LogP contribution < -0.4 is 15.2 Å². The van der Waals surface area contributed by atoms with Gasteiger partial charge in [0.15, 0.2) is 33.6 Å². The Morgan fingerprint density at radius 3 is 2.67 bits per heavy atom. The Hall–Kier alpha value is -2.99. The van der Waals surface area contributed by atoms with Gasteiger partial charge < -0.3 is 19.8 Å². The third kappa shape index (κ3) is 4.20. The van der Waals surface area contributed by atoms with Crippen molar-refractivity contribution in [1.29, 1.82) is 0 Å². The highest BCUT2D eigenvalue weighted by atomic mass is 79.9. The molecule has 0 atom stereocenters. The predicted molar refractivity (Wildman–Crippen MR) is 119 cm³/mol. The summed E-state index contributed by atoms with van der Waals surface area (Å²) in [5.41, 5.74) is 6.37. The van der Waals surface area contributed by atoms with E-state index in [0.29, 0.717) is 27.8 Å². The largest absolute Gasteiger partial charge is 0.454 e. The van der Waals surface area contributed by atoms with Crippen molar-refractivity contribution in [3.8, 4) is 11.5 Å². The highest BCUT2D eigenvalue weighted by Gasteiger charge is 2.32. The van der Waals surface area contributed by atoms with E-state index in [1.165, 1.54) is 30.2 Å². The summed E-state index contributed by atoms with van der Waals surface area (Å²) < 4.78 is 53.7. The van der Waals surface area contributed by atoms with E-state index in [9.17, 15) is 13.2 Å². The van der Waals surface area contributed by atoms with Gasteiger partial charge in [-0.3, -0.25) is 0 Å². The molecule has 2 N–H and O–H groups in total. The number of ether oxygens (including phenoxy) is 2. The molecular formula is C21H15BrF3N5O2S. The number of aryl methyl sites for hydroxylation is 2. The number of nitrogens with zero attached hydrogens (tertiary/aromatic N) is 4. The van der Waals surface area contributed by atoms with Crippen LogP contribution in [0.1, 0.15) is 11.1 Å². The topological polar surface area (TPSA) is 88.1 Å². The monoisotopic (exact) mass is 537 g/mol. The third-order valence-corrected chi connectivity index (χ3v) is 7.05. The van der Waals surface area contributed by atoms with E-state index in [0.717, 1.165) is 15.4 Å². The van der Waals surface area contributed by atoms with Crippen LogP contribution in [0.25, 0.3) is 11.2 Å². The molecule has 0 fully saturated rings. The number of alkyl halides is 3. The molecule has 1 aliphatic rings. The number of aromatic nitrogens is 4. The molecule has 4 aromatic rings. The van der Waals surface area contributed by atoms with E-state index in [-0.39, 0.29) is 31.1 Å². The van der Waals surface area contributed by atoms with Gasteiger partial charge >= 0.3 is 6.18 Å². The van der Waals surface area contributed by atoms with Crippen molar-refractivity contribution in [3.63, 3.8) is 0 Å². The zero-order valence-electron chi connectivity index (χ0n) is 16.8. The maximum Gasteiger partial charge on any atom is 0.416 e. The maximum atomic E-state index is 13.5. The molecule has 0 amide bonds. The molecule has 0 saturated heterocycles. The van der Waals surface area contributed by atoms with Gasteiger partial charge in [0.2, 0.25) is 6.79 Å². The van der Waals surface area contributed by atoms with Gasteiger partial charge in [-0.2, -0.15) is 13.2 Å². The van der Waals surface area contributed by atoms with E-state index in [4.69, 9.17) is 15.2 Å². The first-order valence-corrected chi connectivity index (χ1v) is 11.3. The van der Waals surface area contributed by atoms with Crippen molar-refractivity contribution in [3.05, 3.63) is 58.3 Å². The Morgan fingerprint density at radius 1 is 1.12 bits per heavy atom. The number of halogens is 4. The van der Waals surface area contributed by atoms with E-state index in [2.05, 4.69) is 30.9 Å². The summed E-state index contributed by atoms with van der Waals surface area (Å²) in [5, 5.41) is 0.515. The molecule has 3 heterocycles. The minimum atomic E-state index is -4.44. The molecule has 0 saturated carbocycles. The fraction of sp³-hybridized carbons (Fsp3) is 0.190. The van der Waals surface area contributed by atoms with Gasteiger partial charge in [-0.25, -0.2) is 15.0 Å². The van der Waals surface area contributed by atoms with Crippen molar-refractivity contribution in [2.24, 2.45) is 0 Å². The number of benzene rings is 2. The smallest absolute Gasteiger partial charge is 0.416 e. The van der Waals surface area contributed by atoms with Crippen molar-refractivity contribution in [2.45, 2.75) is 29.2 Å². The first-order valence-electron chi connectivity index (χ1n) is 9.70. The van der Waals surface area contributed by atoms with E-state index in [1.807, 2.05) is 6.07 Å². The summed E-state index contributed by atoms with van der Waals surface area (Å²) in [6.45, 7) is 0.351. The van der Waals surface area contributed by atoms with Crippen molar-refractivity contribution >= 4 is 44.7 Å². The lowest BCUT2D eigenvalue weighted by atomic mass is 10.0. The number of imidazole rings is 1. The lowest BCUT2D eigenvalue weighted by Crippen LogP contribution is -2.11. The average Bonchev–Trinajstić information content (AvgIpc) is 3.37. The van der Waals surface area contributed by atoms with E-state index in [1.54, 1.807) is 16.7 Å². The van der Waals surface area contributed by atoms with Gasteiger partial charge in [0.25, 0.3) is 0 Å². The van der Waals surface area contributed by atoms with Crippen LogP contribution >= 0.6 is 27.7 Å². The van der Waals surface area contributed by atoms with Crippen LogP contribution in [-0.4, -0.2) is 26.3 Å². The van der Waals surface area contributed by atoms with Crippen LogP contribution in [0.2, 0.25) is 0 Å². The molecule has 2 aromatic carbocycles. The Balaban J connectivity index is 1.53. The summed E-state index contributed by atoms with van der Waals surface area (Å²) >= 11 is 4.84. The lowest BCUT2D eigenvalue weighted by molar-refractivity contribution is -0.138. The summed E-state index contributed by atoms with van der Waals surface area (Å²) in [6, 6.07) is 9.15. The molecule has 0 aliphatic carbocycles. The highest BCUT2D eigenvalue weighted by Crippen LogP contribution is 2.43. The number of hydrogen-bond donors (Lipinski definition) is 1. The zero-order valence-corrected chi connectivity index (χ0v) is 19.2. The molecular weight excluding hydrogens is 523 g/mol. The minimum absolute atomic E-state index is 0.126. The van der Waals surface area contributed by atoms with Gasteiger partial charge in [-0.15, -0.1) is 0 Å². The molecule has 0 bridgehead atoms. The van der Waals surface area contributed by atoms with Crippen LogP contribution in [-0.2, 0) is 19.1 Å². The highest BCUT2D eigenvalue weighted by molar-refractivity contribution is 9.10. The molecule has 0 spiro atoms. The second kappa shape index (κ2) is 8.41. The van der Waals surface area contributed by atoms with E-state index < -0.39 is 11.7 Å². The van der Waals surface area contributed by atoms with Crippen molar-refractivity contribution in [2.75, 3.05) is 12.5 Å². The predicted octanol–water partition coefficient (Wildman–Crippen LogP) is 5.31. The van der Waals surface area contributed by atoms with Gasteiger partial charge in [0.1, 0.15) is 6.33 Å². The summed E-state index contributed by atoms with van der Waals surface area (Å²) in [4.78, 5) is 13.6. The van der Waals surface area contributed by atoms with Gasteiger partial charge in [-0.05, 0) is 46.1 Å². The summed E-state index contributed by atoms with van der Waals surface area (Å²) in [6.07, 6.45) is -3.00. The fourth-order valence-corrected chi connectivity index (χ4v) is 5.04. The second-order valence-electron chi connectivity index (χ2n) is 7.12. The van der Waals surface area contributed by atoms with Gasteiger partial charge in [0, 0.05) is 15.9 Å². The van der Waals surface area contributed by atoms with Crippen LogP contribution in [0.4, 0.5) is 19.0 Å². The number of nitrogen functional groups attached to an aromatic ring is 1. The standard InChI is InChI=1S/C21H15BrF3N5O2S/c22-13-7-14-15(32-10-31-14)8-16(13)33-20-29-17-18(26)27-9-28-19(17)30(20)6-5-11-3-1-2-4-12(11)21(23,24)25/h1-4,7-9H,5-6,10H2,(H2,26,27,28). The fourth-order valence-electron chi connectivity index (χ4n) is 3.54. The number of nitrogens with two attached hydrogens (primary N) is 1. The Bertz CT molecular complexity index is 1360. The molecule has 0 unspecified atom stereocenters. The number of rotatable bonds is 5. The van der Waals surface area contributed by atoms with Gasteiger partial charge in [-0.1, -0.05) is 30.0 Å². The molecule has 170 valence electrons. The Kier molecular flexibility index (Phi) is 5.57. The molecule has 0 radical (unpaired) electrons. The number of fused-ring (bicyclic) bond motifs is 2. The summed E-state index contributed by atoms with van der Waals surface area (Å²) in [5.74, 6) is 1.42. The van der Waals surface area contributed by atoms with Crippen molar-refractivity contribution < 1.29 is 22.6 Å². The molecule has 2 aromatic heterocycles. The molecule has 1 aliphatic heterocycles. The van der Waals surface area contributed by atoms with Crippen LogP contribution in [0.15, 0.2) is 57.3 Å². The maximum absolute atomic E-state index is 13.5. The SMILES string of the molecule is Nc1ncnc2c1nc(Sc1cc3c(cc1Br)OCO3)n2CCc1ccccc1C(F)(F)F. The van der Waals surface area contributed by atoms with Crippen LogP contribution in [0, 0.1) is 0 Å². The van der Waals surface area contributed by atoms with E-state index >= 15 is 0 Å². The Morgan fingerprint density at radius 2 is 1.88 bits per heavy atom.